The molecule has 1 fully saturated rings. The average molecular weight is 344 g/mol. The number of benzene rings is 1. The van der Waals surface area contributed by atoms with Gasteiger partial charge in [0.25, 0.3) is 0 Å². The summed E-state index contributed by atoms with van der Waals surface area (Å²) < 4.78 is 13.2. The number of aromatic amines is 1. The van der Waals surface area contributed by atoms with Gasteiger partial charge in [0.15, 0.2) is 0 Å². The van der Waals surface area contributed by atoms with Crippen LogP contribution in [0.4, 0.5) is 4.39 Å². The minimum absolute atomic E-state index is 0.0477. The molecule has 132 valence electrons. The van der Waals surface area contributed by atoms with Crippen molar-refractivity contribution in [1.29, 1.82) is 0 Å². The number of carbonyl (C=O) groups is 2. The Morgan fingerprint density at radius 1 is 1.44 bits per heavy atom. The third kappa shape index (κ3) is 4.65. The minimum atomic E-state index is -0.280. The number of carbonyl (C=O) groups excluding carboxylic acids is 2. The van der Waals surface area contributed by atoms with Crippen molar-refractivity contribution in [2.75, 3.05) is 13.1 Å². The van der Waals surface area contributed by atoms with Gasteiger partial charge in [-0.05, 0) is 30.5 Å². The summed E-state index contributed by atoms with van der Waals surface area (Å²) >= 11 is 0. The van der Waals surface area contributed by atoms with E-state index in [1.807, 2.05) is 6.07 Å². The van der Waals surface area contributed by atoms with Crippen LogP contribution in [-0.2, 0) is 22.6 Å². The molecule has 0 aliphatic carbocycles. The molecule has 1 atom stereocenters. The number of hydrogen-bond acceptors (Lipinski definition) is 3. The molecule has 1 aliphatic heterocycles. The first-order chi connectivity index (χ1) is 12.1. The SMILES string of the molecule is O=C(NCc1ncc[nH]1)[C@@H]1CCC(=O)N(CCc2cccc(F)c2)C1. The summed E-state index contributed by atoms with van der Waals surface area (Å²) in [6.45, 7) is 1.24. The zero-order valence-corrected chi connectivity index (χ0v) is 13.9. The number of H-pyrrole nitrogens is 1. The molecule has 0 bridgehead atoms. The van der Waals surface area contributed by atoms with Gasteiger partial charge < -0.3 is 15.2 Å². The normalized spacial score (nSPS) is 17.6. The molecular weight excluding hydrogens is 323 g/mol. The number of rotatable bonds is 6. The van der Waals surface area contributed by atoms with Crippen LogP contribution in [-0.4, -0.2) is 39.8 Å². The van der Waals surface area contributed by atoms with Gasteiger partial charge in [-0.2, -0.15) is 0 Å². The van der Waals surface area contributed by atoms with Crippen molar-refractivity contribution in [2.24, 2.45) is 5.92 Å². The van der Waals surface area contributed by atoms with Gasteiger partial charge >= 0.3 is 0 Å². The lowest BCUT2D eigenvalue weighted by atomic mass is 9.96. The first-order valence-electron chi connectivity index (χ1n) is 8.40. The Labute approximate surface area is 145 Å². The van der Waals surface area contributed by atoms with E-state index in [1.165, 1.54) is 12.1 Å². The smallest absolute Gasteiger partial charge is 0.225 e. The first kappa shape index (κ1) is 17.1. The number of halogens is 1. The van der Waals surface area contributed by atoms with Crippen LogP contribution in [0, 0.1) is 11.7 Å². The van der Waals surface area contributed by atoms with E-state index in [4.69, 9.17) is 0 Å². The van der Waals surface area contributed by atoms with Gasteiger partial charge in [0, 0.05) is 31.9 Å². The lowest BCUT2D eigenvalue weighted by Crippen LogP contribution is -2.46. The predicted molar refractivity (Wildman–Crippen MR) is 89.8 cm³/mol. The molecule has 0 unspecified atom stereocenters. The Kier molecular flexibility index (Phi) is 5.42. The summed E-state index contributed by atoms with van der Waals surface area (Å²) in [7, 11) is 0. The van der Waals surface area contributed by atoms with Gasteiger partial charge in [-0.3, -0.25) is 9.59 Å². The number of hydrogen-bond donors (Lipinski definition) is 2. The van der Waals surface area contributed by atoms with E-state index in [9.17, 15) is 14.0 Å². The average Bonchev–Trinajstić information content (AvgIpc) is 3.12. The highest BCUT2D eigenvalue weighted by atomic mass is 19.1. The van der Waals surface area contributed by atoms with Gasteiger partial charge in [0.05, 0.1) is 12.5 Å². The molecule has 0 saturated carbocycles. The van der Waals surface area contributed by atoms with Gasteiger partial charge in [0.2, 0.25) is 11.8 Å². The van der Waals surface area contributed by atoms with Crippen molar-refractivity contribution in [3.63, 3.8) is 0 Å². The molecule has 7 heteroatoms. The predicted octanol–water partition coefficient (Wildman–Crippen LogP) is 1.65. The molecule has 6 nitrogen and oxygen atoms in total. The maximum Gasteiger partial charge on any atom is 0.225 e. The number of amides is 2. The fourth-order valence-electron chi connectivity index (χ4n) is 3.01. The molecular formula is C18H21FN4O2. The van der Waals surface area contributed by atoms with E-state index in [-0.39, 0.29) is 23.5 Å². The van der Waals surface area contributed by atoms with Gasteiger partial charge in [-0.25, -0.2) is 9.37 Å². The molecule has 1 aromatic heterocycles. The van der Waals surface area contributed by atoms with Gasteiger partial charge in [0.1, 0.15) is 11.6 Å². The number of nitrogens with one attached hydrogen (secondary N) is 2. The third-order valence-corrected chi connectivity index (χ3v) is 4.42. The summed E-state index contributed by atoms with van der Waals surface area (Å²) in [4.78, 5) is 33.1. The lowest BCUT2D eigenvalue weighted by Gasteiger charge is -2.32. The van der Waals surface area contributed by atoms with Crippen LogP contribution in [0.2, 0.25) is 0 Å². The van der Waals surface area contributed by atoms with Crippen molar-refractivity contribution >= 4 is 11.8 Å². The van der Waals surface area contributed by atoms with Gasteiger partial charge in [-0.15, -0.1) is 0 Å². The third-order valence-electron chi connectivity index (χ3n) is 4.42. The Balaban J connectivity index is 1.51. The fraction of sp³-hybridized carbons (Fsp3) is 0.389. The minimum Gasteiger partial charge on any atom is -0.349 e. The Morgan fingerprint density at radius 3 is 3.08 bits per heavy atom. The van der Waals surface area contributed by atoms with Gasteiger partial charge in [-0.1, -0.05) is 12.1 Å². The van der Waals surface area contributed by atoms with E-state index in [2.05, 4.69) is 15.3 Å². The zero-order valence-electron chi connectivity index (χ0n) is 13.9. The number of piperidine rings is 1. The quantitative estimate of drug-likeness (QED) is 0.836. The van der Waals surface area contributed by atoms with Crippen LogP contribution in [0.25, 0.3) is 0 Å². The number of aromatic nitrogens is 2. The second-order valence-electron chi connectivity index (χ2n) is 6.21. The highest BCUT2D eigenvalue weighted by molar-refractivity contribution is 5.83. The highest BCUT2D eigenvalue weighted by Gasteiger charge is 2.29. The van der Waals surface area contributed by atoms with E-state index >= 15 is 0 Å². The molecule has 2 amide bonds. The second kappa shape index (κ2) is 7.92. The van der Waals surface area contributed by atoms with E-state index < -0.39 is 0 Å². The standard InChI is InChI=1S/C18H21FN4O2/c19-15-3-1-2-13(10-15)6-9-23-12-14(4-5-17(23)24)18(25)22-11-16-20-7-8-21-16/h1-3,7-8,10,14H,4-6,9,11-12H2,(H,20,21)(H,22,25)/t14-/m1/s1. The summed E-state index contributed by atoms with van der Waals surface area (Å²) in [5, 5.41) is 2.85. The molecule has 1 aromatic carbocycles. The van der Waals surface area contributed by atoms with Crippen molar-refractivity contribution in [2.45, 2.75) is 25.8 Å². The van der Waals surface area contributed by atoms with Crippen LogP contribution in [0.15, 0.2) is 36.7 Å². The zero-order chi connectivity index (χ0) is 17.6. The summed E-state index contributed by atoms with van der Waals surface area (Å²) in [6, 6.07) is 6.37. The van der Waals surface area contributed by atoms with E-state index in [1.54, 1.807) is 23.4 Å². The van der Waals surface area contributed by atoms with Crippen LogP contribution in [0.3, 0.4) is 0 Å². The number of likely N-dealkylation sites (tertiary alicyclic amines) is 1. The summed E-state index contributed by atoms with van der Waals surface area (Å²) in [5.41, 5.74) is 0.845. The Hall–Kier alpha value is -2.70. The Bertz CT molecular complexity index is 732. The molecule has 2 N–H and O–H groups in total. The molecule has 1 saturated heterocycles. The van der Waals surface area contributed by atoms with Crippen LogP contribution >= 0.6 is 0 Å². The fourth-order valence-corrected chi connectivity index (χ4v) is 3.01. The Morgan fingerprint density at radius 2 is 2.32 bits per heavy atom. The molecule has 2 aromatic rings. The molecule has 3 rings (SSSR count). The molecule has 0 spiro atoms. The first-order valence-corrected chi connectivity index (χ1v) is 8.40. The largest absolute Gasteiger partial charge is 0.349 e. The van der Waals surface area contributed by atoms with Crippen molar-refractivity contribution in [3.05, 3.63) is 53.9 Å². The van der Waals surface area contributed by atoms with E-state index in [0.29, 0.717) is 44.7 Å². The van der Waals surface area contributed by atoms with Crippen molar-refractivity contribution in [3.8, 4) is 0 Å². The molecule has 0 radical (unpaired) electrons. The monoisotopic (exact) mass is 344 g/mol. The lowest BCUT2D eigenvalue weighted by molar-refractivity contribution is -0.138. The molecule has 2 heterocycles. The molecule has 25 heavy (non-hydrogen) atoms. The highest BCUT2D eigenvalue weighted by Crippen LogP contribution is 2.18. The van der Waals surface area contributed by atoms with E-state index in [0.717, 1.165) is 5.56 Å². The number of imidazole rings is 1. The van der Waals surface area contributed by atoms with Crippen molar-refractivity contribution in [1.82, 2.24) is 20.2 Å². The molecule has 1 aliphatic rings. The van der Waals surface area contributed by atoms with Crippen LogP contribution < -0.4 is 5.32 Å². The van der Waals surface area contributed by atoms with Crippen LogP contribution in [0.1, 0.15) is 24.2 Å². The maximum atomic E-state index is 13.2. The summed E-state index contributed by atoms with van der Waals surface area (Å²) in [5.74, 6) is 0.173. The number of nitrogens with zero attached hydrogens (tertiary/aromatic N) is 2. The maximum absolute atomic E-state index is 13.2. The summed E-state index contributed by atoms with van der Waals surface area (Å²) in [6.07, 6.45) is 4.83. The van der Waals surface area contributed by atoms with Crippen LogP contribution in [0.5, 0.6) is 0 Å². The van der Waals surface area contributed by atoms with Crippen molar-refractivity contribution < 1.29 is 14.0 Å². The topological polar surface area (TPSA) is 78.1 Å². The second-order valence-corrected chi connectivity index (χ2v) is 6.21.